The smallest absolute Gasteiger partial charge is 0.270 e. The molecule has 0 atom stereocenters. The van der Waals surface area contributed by atoms with Crippen LogP contribution in [-0.2, 0) is 0 Å². The van der Waals surface area contributed by atoms with Crippen molar-refractivity contribution in [3.63, 3.8) is 0 Å². The van der Waals surface area contributed by atoms with Gasteiger partial charge in [0.05, 0.1) is 11.3 Å². The molecular formula is C19H14N6O2S. The zero-order valence-electron chi connectivity index (χ0n) is 14.7. The number of primary amides is 1. The largest absolute Gasteiger partial charge is 0.366 e. The van der Waals surface area contributed by atoms with Gasteiger partial charge in [0.25, 0.3) is 5.91 Å². The van der Waals surface area contributed by atoms with Gasteiger partial charge in [-0.1, -0.05) is 23.5 Å². The molecule has 4 aromatic rings. The summed E-state index contributed by atoms with van der Waals surface area (Å²) in [5.41, 5.74) is 9.29. The highest BCUT2D eigenvalue weighted by atomic mass is 32.1. The van der Waals surface area contributed by atoms with Crippen molar-refractivity contribution in [2.45, 2.75) is 0 Å². The van der Waals surface area contributed by atoms with Crippen molar-refractivity contribution in [1.82, 2.24) is 25.5 Å². The summed E-state index contributed by atoms with van der Waals surface area (Å²) in [6, 6.07) is 9.25. The van der Waals surface area contributed by atoms with Crippen molar-refractivity contribution in [1.29, 1.82) is 0 Å². The lowest BCUT2D eigenvalue weighted by Crippen LogP contribution is -2.21. The van der Waals surface area contributed by atoms with Crippen LogP contribution in [0.3, 0.4) is 0 Å². The number of rotatable bonds is 4. The normalized spacial score (nSPS) is 10.8. The first-order chi connectivity index (χ1) is 13.6. The van der Waals surface area contributed by atoms with Gasteiger partial charge in [-0.25, -0.2) is 4.98 Å². The Morgan fingerprint density at radius 1 is 1.07 bits per heavy atom. The van der Waals surface area contributed by atoms with E-state index in [1.165, 1.54) is 30.6 Å². The van der Waals surface area contributed by atoms with Crippen molar-refractivity contribution in [2.75, 3.05) is 7.05 Å². The first-order valence-corrected chi connectivity index (χ1v) is 9.13. The van der Waals surface area contributed by atoms with Crippen LogP contribution >= 0.6 is 11.3 Å². The summed E-state index contributed by atoms with van der Waals surface area (Å²) in [4.78, 5) is 32.4. The van der Waals surface area contributed by atoms with E-state index in [1.54, 1.807) is 11.7 Å². The van der Waals surface area contributed by atoms with Crippen molar-refractivity contribution in [2.24, 2.45) is 5.73 Å². The maximum Gasteiger partial charge on any atom is 0.270 e. The molecule has 138 valence electrons. The van der Waals surface area contributed by atoms with Crippen molar-refractivity contribution >= 4 is 33.9 Å². The van der Waals surface area contributed by atoms with Crippen LogP contribution < -0.4 is 11.1 Å². The lowest BCUT2D eigenvalue weighted by Gasteiger charge is -2.10. The molecule has 3 N–H and O–H groups in total. The number of amides is 2. The van der Waals surface area contributed by atoms with Gasteiger partial charge in [0, 0.05) is 36.0 Å². The molecule has 0 saturated heterocycles. The summed E-state index contributed by atoms with van der Waals surface area (Å²) in [5, 5.41) is 13.2. The summed E-state index contributed by atoms with van der Waals surface area (Å²) < 4.78 is 0. The van der Waals surface area contributed by atoms with E-state index >= 15 is 0 Å². The van der Waals surface area contributed by atoms with Gasteiger partial charge in [0.1, 0.15) is 16.2 Å². The zero-order valence-corrected chi connectivity index (χ0v) is 15.5. The summed E-state index contributed by atoms with van der Waals surface area (Å²) in [6.45, 7) is 0. The van der Waals surface area contributed by atoms with Crippen LogP contribution in [0.2, 0.25) is 0 Å². The van der Waals surface area contributed by atoms with Gasteiger partial charge in [-0.3, -0.25) is 14.6 Å². The minimum Gasteiger partial charge on any atom is -0.366 e. The third kappa shape index (κ3) is 3.19. The van der Waals surface area contributed by atoms with Crippen LogP contribution in [0.25, 0.3) is 32.6 Å². The SMILES string of the molecule is CNC(=O)c1ncc(C(N)=O)cc1-c1cc2cc(-c3nncs3)ccc2cn1. The Morgan fingerprint density at radius 2 is 1.93 bits per heavy atom. The van der Waals surface area contributed by atoms with Crippen LogP contribution in [0.1, 0.15) is 20.8 Å². The predicted octanol–water partition coefficient (Wildman–Crippen LogP) is 2.27. The Kier molecular flexibility index (Phi) is 4.50. The number of benzene rings is 1. The monoisotopic (exact) mass is 390 g/mol. The molecule has 0 spiro atoms. The summed E-state index contributed by atoms with van der Waals surface area (Å²) in [5.74, 6) is -1.01. The zero-order chi connectivity index (χ0) is 19.7. The highest BCUT2D eigenvalue weighted by molar-refractivity contribution is 7.12. The van der Waals surface area contributed by atoms with Crippen LogP contribution in [0.5, 0.6) is 0 Å². The second-order valence-electron chi connectivity index (χ2n) is 5.94. The third-order valence-corrected chi connectivity index (χ3v) is 4.96. The van der Waals surface area contributed by atoms with Gasteiger partial charge in [0.15, 0.2) is 0 Å². The number of pyridine rings is 2. The number of nitrogens with two attached hydrogens (primary N) is 1. The average Bonchev–Trinajstić information content (AvgIpc) is 3.26. The summed E-state index contributed by atoms with van der Waals surface area (Å²) in [6.07, 6.45) is 2.99. The molecule has 0 saturated carbocycles. The molecule has 0 aliphatic heterocycles. The fourth-order valence-corrected chi connectivity index (χ4v) is 3.37. The minimum atomic E-state index is -0.628. The molecule has 3 heterocycles. The predicted molar refractivity (Wildman–Crippen MR) is 106 cm³/mol. The fraction of sp³-hybridized carbons (Fsp3) is 0.0526. The molecule has 9 heteroatoms. The minimum absolute atomic E-state index is 0.166. The van der Waals surface area contributed by atoms with Gasteiger partial charge in [-0.05, 0) is 23.6 Å². The molecular weight excluding hydrogens is 376 g/mol. The number of hydrogen-bond donors (Lipinski definition) is 2. The quantitative estimate of drug-likeness (QED) is 0.551. The van der Waals surface area contributed by atoms with Crippen molar-refractivity contribution in [3.05, 3.63) is 59.5 Å². The fourth-order valence-electron chi connectivity index (χ4n) is 2.81. The van der Waals surface area contributed by atoms with E-state index in [0.717, 1.165) is 21.3 Å². The van der Waals surface area contributed by atoms with E-state index in [2.05, 4.69) is 25.5 Å². The van der Waals surface area contributed by atoms with Crippen LogP contribution in [-0.4, -0.2) is 39.0 Å². The van der Waals surface area contributed by atoms with Crippen molar-refractivity contribution in [3.8, 4) is 21.8 Å². The van der Waals surface area contributed by atoms with Crippen LogP contribution in [0.15, 0.2) is 48.2 Å². The molecule has 0 aliphatic carbocycles. The molecule has 2 amide bonds. The lowest BCUT2D eigenvalue weighted by molar-refractivity contribution is 0.0955. The standard InChI is InChI=1S/C19H14N6O2S/c1-21-18(27)16-14(5-13(8-23-16)17(20)26)15-6-12-4-10(19-25-24-9-28-19)2-3-11(12)7-22-15/h2-9H,1H3,(H2,20,26)(H,21,27). The number of nitrogens with one attached hydrogen (secondary N) is 1. The topological polar surface area (TPSA) is 124 Å². The summed E-state index contributed by atoms with van der Waals surface area (Å²) in [7, 11) is 1.51. The third-order valence-electron chi connectivity index (χ3n) is 4.22. The van der Waals surface area contributed by atoms with E-state index in [4.69, 9.17) is 5.73 Å². The maximum atomic E-state index is 12.2. The molecule has 0 unspecified atom stereocenters. The molecule has 0 aliphatic rings. The summed E-state index contributed by atoms with van der Waals surface area (Å²) >= 11 is 1.45. The second-order valence-corrected chi connectivity index (χ2v) is 6.77. The van der Waals surface area contributed by atoms with E-state index in [9.17, 15) is 9.59 Å². The van der Waals surface area contributed by atoms with E-state index in [1.807, 2.05) is 24.3 Å². The number of hydrogen-bond acceptors (Lipinski definition) is 7. The van der Waals surface area contributed by atoms with E-state index in [0.29, 0.717) is 11.3 Å². The number of nitrogens with zero attached hydrogens (tertiary/aromatic N) is 4. The molecule has 3 aromatic heterocycles. The maximum absolute atomic E-state index is 12.2. The highest BCUT2D eigenvalue weighted by Gasteiger charge is 2.17. The van der Waals surface area contributed by atoms with Gasteiger partial charge < -0.3 is 11.1 Å². The van der Waals surface area contributed by atoms with Gasteiger partial charge >= 0.3 is 0 Å². The van der Waals surface area contributed by atoms with Crippen LogP contribution in [0.4, 0.5) is 0 Å². The van der Waals surface area contributed by atoms with Gasteiger partial charge in [0.2, 0.25) is 5.91 Å². The number of carbonyl (C=O) groups excluding carboxylic acids is 2. The first kappa shape index (κ1) is 17.7. The number of fused-ring (bicyclic) bond motifs is 1. The average molecular weight is 390 g/mol. The Balaban J connectivity index is 1.89. The Morgan fingerprint density at radius 3 is 2.64 bits per heavy atom. The molecule has 0 radical (unpaired) electrons. The highest BCUT2D eigenvalue weighted by Crippen LogP contribution is 2.29. The molecule has 8 nitrogen and oxygen atoms in total. The molecule has 4 rings (SSSR count). The number of carbonyl (C=O) groups is 2. The molecule has 28 heavy (non-hydrogen) atoms. The van der Waals surface area contributed by atoms with Gasteiger partial charge in [-0.2, -0.15) is 0 Å². The Hall–Kier alpha value is -3.72. The van der Waals surface area contributed by atoms with Crippen molar-refractivity contribution < 1.29 is 9.59 Å². The first-order valence-electron chi connectivity index (χ1n) is 8.25. The van der Waals surface area contributed by atoms with E-state index < -0.39 is 5.91 Å². The van der Waals surface area contributed by atoms with E-state index in [-0.39, 0.29) is 17.2 Å². The van der Waals surface area contributed by atoms with Gasteiger partial charge in [-0.15, -0.1) is 10.2 Å². The lowest BCUT2D eigenvalue weighted by atomic mass is 10.0. The second kappa shape index (κ2) is 7.12. The molecule has 0 bridgehead atoms. The van der Waals surface area contributed by atoms with Crippen LogP contribution in [0, 0.1) is 0 Å². The molecule has 1 aromatic carbocycles. The number of aromatic nitrogens is 4. The Bertz CT molecular complexity index is 1210. The Labute approximate surface area is 163 Å². The molecule has 0 fully saturated rings.